The Balaban J connectivity index is 1.74. The van der Waals surface area contributed by atoms with Gasteiger partial charge in [0.25, 0.3) is 0 Å². The van der Waals surface area contributed by atoms with E-state index < -0.39 is 5.97 Å². The van der Waals surface area contributed by atoms with E-state index >= 15 is 0 Å². The molecule has 1 aromatic rings. The average Bonchev–Trinajstić information content (AvgIpc) is 2.65. The molecule has 0 saturated carbocycles. The van der Waals surface area contributed by atoms with E-state index in [2.05, 4.69) is 15.4 Å². The summed E-state index contributed by atoms with van der Waals surface area (Å²) in [7, 11) is 0. The highest BCUT2D eigenvalue weighted by molar-refractivity contribution is 5.85. The maximum Gasteiger partial charge on any atom is 0.354 e. The van der Waals surface area contributed by atoms with Crippen LogP contribution in [0.1, 0.15) is 10.5 Å². The molecule has 7 heteroatoms. The third kappa shape index (κ3) is 1.32. The van der Waals surface area contributed by atoms with Crippen LogP contribution in [0, 0.1) is 0 Å². The second kappa shape index (κ2) is 2.88. The Labute approximate surface area is 84.7 Å². The van der Waals surface area contributed by atoms with Crippen molar-refractivity contribution in [3.8, 4) is 0 Å². The van der Waals surface area contributed by atoms with Crippen molar-refractivity contribution in [3.63, 3.8) is 0 Å². The number of anilines is 1. The normalized spacial score (nSPS) is 31.3. The standard InChI is InChI=1S/C8H8N4O3/c13-8(14)4-1-6(10-3-9-4)11-12-5-2-15-7(5)12/h1,3,5,7H,2H2,(H,13,14)(H,9,10,11). The van der Waals surface area contributed by atoms with Gasteiger partial charge in [-0.25, -0.2) is 14.8 Å². The van der Waals surface area contributed by atoms with E-state index in [1.807, 2.05) is 5.01 Å². The maximum atomic E-state index is 10.6. The van der Waals surface area contributed by atoms with Crippen molar-refractivity contribution in [1.29, 1.82) is 0 Å². The molecule has 2 saturated heterocycles. The molecular formula is C8H8N4O3. The van der Waals surface area contributed by atoms with Crippen molar-refractivity contribution in [1.82, 2.24) is 15.0 Å². The largest absolute Gasteiger partial charge is 0.477 e. The van der Waals surface area contributed by atoms with Gasteiger partial charge in [0.2, 0.25) is 0 Å². The minimum Gasteiger partial charge on any atom is -0.477 e. The van der Waals surface area contributed by atoms with Crippen LogP contribution in [0.25, 0.3) is 0 Å². The monoisotopic (exact) mass is 208 g/mol. The molecule has 1 aromatic heterocycles. The first kappa shape index (κ1) is 8.57. The number of carboxylic acids is 1. The summed E-state index contributed by atoms with van der Waals surface area (Å²) in [6, 6.07) is 1.80. The number of rotatable bonds is 3. The van der Waals surface area contributed by atoms with E-state index in [0.29, 0.717) is 18.5 Å². The number of carboxylic acid groups (broad SMARTS) is 1. The zero-order valence-corrected chi connectivity index (χ0v) is 7.62. The van der Waals surface area contributed by atoms with Crippen molar-refractivity contribution in [2.75, 3.05) is 12.0 Å². The number of aromatic carboxylic acids is 1. The quantitative estimate of drug-likeness (QED) is 0.650. The summed E-state index contributed by atoms with van der Waals surface area (Å²) >= 11 is 0. The predicted octanol–water partition coefficient (Wildman–Crippen LogP) is -0.458. The number of ether oxygens (including phenoxy) is 1. The van der Waals surface area contributed by atoms with Gasteiger partial charge in [0, 0.05) is 6.07 Å². The van der Waals surface area contributed by atoms with Gasteiger partial charge in [-0.1, -0.05) is 0 Å². The smallest absolute Gasteiger partial charge is 0.354 e. The van der Waals surface area contributed by atoms with Gasteiger partial charge >= 0.3 is 5.97 Å². The highest BCUT2D eigenvalue weighted by Gasteiger charge is 2.57. The molecule has 2 aliphatic rings. The third-order valence-electron chi connectivity index (χ3n) is 2.44. The Hall–Kier alpha value is -1.73. The number of fused-ring (bicyclic) bond motifs is 1. The lowest BCUT2D eigenvalue weighted by Gasteiger charge is -2.04. The first-order chi connectivity index (χ1) is 7.25. The molecule has 2 N–H and O–H groups in total. The van der Waals surface area contributed by atoms with E-state index in [-0.39, 0.29) is 11.9 Å². The van der Waals surface area contributed by atoms with Crippen molar-refractivity contribution in [3.05, 3.63) is 18.1 Å². The fraction of sp³-hybridized carbons (Fsp3) is 0.375. The number of carbonyl (C=O) groups is 1. The van der Waals surface area contributed by atoms with E-state index in [1.165, 1.54) is 12.4 Å². The molecule has 7 nitrogen and oxygen atoms in total. The number of hydrazine groups is 1. The van der Waals surface area contributed by atoms with Crippen LogP contribution < -0.4 is 5.43 Å². The number of nitrogens with zero attached hydrogens (tertiary/aromatic N) is 3. The van der Waals surface area contributed by atoms with E-state index in [1.54, 1.807) is 0 Å². The molecule has 3 heterocycles. The third-order valence-corrected chi connectivity index (χ3v) is 2.44. The summed E-state index contributed by atoms with van der Waals surface area (Å²) in [5.41, 5.74) is 2.94. The fourth-order valence-electron chi connectivity index (χ4n) is 1.50. The summed E-state index contributed by atoms with van der Waals surface area (Å²) in [4.78, 5) is 18.2. The van der Waals surface area contributed by atoms with Crippen LogP contribution in [0.2, 0.25) is 0 Å². The highest BCUT2D eigenvalue weighted by atomic mass is 16.6. The van der Waals surface area contributed by atoms with E-state index in [9.17, 15) is 4.79 Å². The molecule has 0 bridgehead atoms. The molecule has 0 aliphatic carbocycles. The van der Waals surface area contributed by atoms with Gasteiger partial charge in [0.15, 0.2) is 5.69 Å². The first-order valence-electron chi connectivity index (χ1n) is 4.47. The van der Waals surface area contributed by atoms with Gasteiger partial charge in [-0.05, 0) is 0 Å². The van der Waals surface area contributed by atoms with E-state index in [0.717, 1.165) is 0 Å². The van der Waals surface area contributed by atoms with E-state index in [4.69, 9.17) is 9.84 Å². The molecule has 15 heavy (non-hydrogen) atoms. The maximum absolute atomic E-state index is 10.6. The number of hydrogen-bond donors (Lipinski definition) is 2. The lowest BCUT2D eigenvalue weighted by molar-refractivity contribution is 0.0426. The lowest BCUT2D eigenvalue weighted by atomic mass is 10.4. The minimum absolute atomic E-state index is 0.0254. The van der Waals surface area contributed by atoms with Crippen molar-refractivity contribution >= 4 is 11.8 Å². The van der Waals surface area contributed by atoms with Crippen LogP contribution in [0.4, 0.5) is 5.82 Å². The Morgan fingerprint density at radius 1 is 1.67 bits per heavy atom. The van der Waals surface area contributed by atoms with Crippen LogP contribution >= 0.6 is 0 Å². The molecule has 0 radical (unpaired) electrons. The average molecular weight is 208 g/mol. The first-order valence-corrected chi connectivity index (χ1v) is 4.47. The topological polar surface area (TPSA) is 87.3 Å². The second-order valence-corrected chi connectivity index (χ2v) is 3.40. The van der Waals surface area contributed by atoms with Gasteiger partial charge in [0.05, 0.1) is 12.6 Å². The van der Waals surface area contributed by atoms with Crippen molar-refractivity contribution in [2.45, 2.75) is 12.3 Å². The van der Waals surface area contributed by atoms with Crippen molar-refractivity contribution in [2.24, 2.45) is 0 Å². The van der Waals surface area contributed by atoms with Gasteiger partial charge in [-0.15, -0.1) is 0 Å². The molecule has 3 rings (SSSR count). The van der Waals surface area contributed by atoms with Crippen LogP contribution in [-0.2, 0) is 4.74 Å². The summed E-state index contributed by atoms with van der Waals surface area (Å²) in [6.45, 7) is 0.717. The van der Waals surface area contributed by atoms with Crippen LogP contribution in [0.5, 0.6) is 0 Å². The van der Waals surface area contributed by atoms with Crippen molar-refractivity contribution < 1.29 is 14.6 Å². The molecule has 3 unspecified atom stereocenters. The molecule has 2 fully saturated rings. The number of hydrogen-bond acceptors (Lipinski definition) is 6. The molecule has 3 atom stereocenters. The molecule has 0 amide bonds. The molecule has 0 spiro atoms. The highest BCUT2D eigenvalue weighted by Crippen LogP contribution is 2.37. The molecule has 0 aromatic carbocycles. The Morgan fingerprint density at radius 3 is 3.07 bits per heavy atom. The zero-order chi connectivity index (χ0) is 10.4. The van der Waals surface area contributed by atoms with Crippen LogP contribution in [-0.4, -0.2) is 44.9 Å². The zero-order valence-electron chi connectivity index (χ0n) is 7.62. The van der Waals surface area contributed by atoms with Crippen LogP contribution in [0.3, 0.4) is 0 Å². The van der Waals surface area contributed by atoms with Crippen LogP contribution in [0.15, 0.2) is 12.4 Å². The Kier molecular flexibility index (Phi) is 1.64. The summed E-state index contributed by atoms with van der Waals surface area (Å²) in [5, 5.41) is 10.6. The molecule has 2 aliphatic heterocycles. The predicted molar refractivity (Wildman–Crippen MR) is 48.0 cm³/mol. The summed E-state index contributed by atoms with van der Waals surface area (Å²) in [6.07, 6.45) is 1.35. The second-order valence-electron chi connectivity index (χ2n) is 3.40. The van der Waals surface area contributed by atoms with Gasteiger partial charge in [0.1, 0.15) is 18.4 Å². The Bertz CT molecular complexity index is 414. The van der Waals surface area contributed by atoms with Gasteiger partial charge in [-0.2, -0.15) is 5.01 Å². The summed E-state index contributed by atoms with van der Waals surface area (Å²) < 4.78 is 5.17. The molecule has 78 valence electrons. The number of nitrogens with one attached hydrogen (secondary N) is 1. The van der Waals surface area contributed by atoms with Gasteiger partial charge < -0.3 is 15.3 Å². The minimum atomic E-state index is -1.06. The summed E-state index contributed by atoms with van der Waals surface area (Å²) in [5.74, 6) is -0.592. The molecular weight excluding hydrogens is 200 g/mol. The van der Waals surface area contributed by atoms with Gasteiger partial charge in [-0.3, -0.25) is 0 Å². The Morgan fingerprint density at radius 2 is 2.47 bits per heavy atom. The number of aromatic nitrogens is 2. The fourth-order valence-corrected chi connectivity index (χ4v) is 1.50. The lowest BCUT2D eigenvalue weighted by Crippen LogP contribution is -2.17. The SMILES string of the molecule is O=C(O)c1cc(NN2C3COC32)ncn1.